The van der Waals surface area contributed by atoms with Gasteiger partial charge >= 0.3 is 17.9 Å². The van der Waals surface area contributed by atoms with Gasteiger partial charge in [-0.2, -0.15) is 0 Å². The lowest BCUT2D eigenvalue weighted by Crippen LogP contribution is -2.77. The molecule has 16 atom stereocenters. The van der Waals surface area contributed by atoms with Crippen LogP contribution in [0.15, 0.2) is 24.0 Å². The Bertz CT molecular complexity index is 1490. The Labute approximate surface area is 271 Å². The number of carbonyl (C=O) groups excluding carboxylic acids is 3. The first kappa shape index (κ1) is 31.7. The lowest BCUT2D eigenvalue weighted by molar-refractivity contribution is -0.296. The van der Waals surface area contributed by atoms with Crippen molar-refractivity contribution in [1.29, 1.82) is 0 Å². The summed E-state index contributed by atoms with van der Waals surface area (Å²) in [6.45, 7) is 6.47. The van der Waals surface area contributed by atoms with Crippen LogP contribution in [-0.4, -0.2) is 120 Å². The van der Waals surface area contributed by atoms with Crippen molar-refractivity contribution in [3.05, 3.63) is 24.0 Å². The first-order valence-corrected chi connectivity index (χ1v) is 16.2. The highest BCUT2D eigenvalue weighted by atomic mass is 16.7. The second kappa shape index (κ2) is 9.55. The molecule has 4 saturated heterocycles. The Morgan fingerprint density at radius 3 is 2.45 bits per heavy atom. The number of allylic oxidation sites excluding steroid dienone is 1. The van der Waals surface area contributed by atoms with Gasteiger partial charge in [-0.25, -0.2) is 9.59 Å². The van der Waals surface area contributed by atoms with E-state index in [0.717, 1.165) is 0 Å². The predicted octanol–water partition coefficient (Wildman–Crippen LogP) is -0.0939. The predicted molar refractivity (Wildman–Crippen MR) is 154 cm³/mol. The molecule has 47 heavy (non-hydrogen) atoms. The average Bonchev–Trinajstić information content (AvgIpc) is 3.49. The highest BCUT2D eigenvalue weighted by Gasteiger charge is 2.95. The van der Waals surface area contributed by atoms with E-state index in [0.29, 0.717) is 12.0 Å². The molecular formula is C33H42O14. The molecule has 7 fully saturated rings. The smallest absolute Gasteiger partial charge is 0.335 e. The molecule has 14 heteroatoms. The maximum Gasteiger partial charge on any atom is 0.335 e. The van der Waals surface area contributed by atoms with Crippen molar-refractivity contribution in [2.75, 3.05) is 27.4 Å². The molecular weight excluding hydrogens is 620 g/mol. The molecule has 3 aliphatic carbocycles. The largest absolute Gasteiger partial charge is 0.469 e. The fourth-order valence-corrected chi connectivity index (χ4v) is 11.7. The van der Waals surface area contributed by atoms with Gasteiger partial charge in [0.2, 0.25) is 6.29 Å². The molecule has 5 aliphatic heterocycles. The minimum atomic E-state index is -1.68. The zero-order chi connectivity index (χ0) is 33.7. The van der Waals surface area contributed by atoms with Gasteiger partial charge < -0.3 is 53.2 Å². The van der Waals surface area contributed by atoms with Crippen molar-refractivity contribution < 1.29 is 67.6 Å². The first-order valence-electron chi connectivity index (χ1n) is 16.2. The van der Waals surface area contributed by atoms with Crippen LogP contribution in [0, 0.1) is 34.0 Å². The molecule has 5 heterocycles. The van der Waals surface area contributed by atoms with E-state index in [2.05, 4.69) is 0 Å². The SMILES string of the molecule is C/C=C(\C)C(=O)O[C@H]1C[C@@H](O)[C@@]2(C(=O)OC)CO[C@H]3[C@@H](O)[C@@](C)([C@]45O[C@@]4(C)[C@H]4C[C@@H]5O[C@@H]5OC=C[C@@]54O)[C@@H]4[C@@H](C(=O)OC)OC[C@@]14[C@@H]32. The molecule has 0 radical (unpaired) electrons. The van der Waals surface area contributed by atoms with Crippen molar-refractivity contribution in [3.63, 3.8) is 0 Å². The van der Waals surface area contributed by atoms with Crippen molar-refractivity contribution >= 4 is 17.9 Å². The fourth-order valence-electron chi connectivity index (χ4n) is 11.7. The van der Waals surface area contributed by atoms with Crippen molar-refractivity contribution in [2.45, 2.75) is 100 Å². The average molecular weight is 663 g/mol. The first-order chi connectivity index (χ1) is 22.2. The summed E-state index contributed by atoms with van der Waals surface area (Å²) in [5.74, 6) is -4.67. The fraction of sp³-hybridized carbons (Fsp3) is 0.788. The van der Waals surface area contributed by atoms with Crippen LogP contribution in [0.1, 0.15) is 40.5 Å². The second-order valence-corrected chi connectivity index (χ2v) is 15.0. The molecule has 3 saturated carbocycles. The Balaban J connectivity index is 1.36. The minimum Gasteiger partial charge on any atom is -0.469 e. The monoisotopic (exact) mass is 662 g/mol. The lowest BCUT2D eigenvalue weighted by Gasteiger charge is -2.65. The van der Waals surface area contributed by atoms with Crippen LogP contribution in [0.5, 0.6) is 0 Å². The van der Waals surface area contributed by atoms with Crippen molar-refractivity contribution in [1.82, 2.24) is 0 Å². The van der Waals surface area contributed by atoms with E-state index < -0.39 is 112 Å². The summed E-state index contributed by atoms with van der Waals surface area (Å²) < 4.78 is 48.4. The number of esters is 3. The Morgan fingerprint density at radius 1 is 1.02 bits per heavy atom. The van der Waals surface area contributed by atoms with Gasteiger partial charge in [0.15, 0.2) is 11.7 Å². The molecule has 0 aromatic rings. The Hall–Kier alpha value is -2.59. The van der Waals surface area contributed by atoms with E-state index in [1.165, 1.54) is 20.5 Å². The van der Waals surface area contributed by atoms with E-state index in [1.807, 2.05) is 6.92 Å². The maximum atomic E-state index is 13.8. The van der Waals surface area contributed by atoms with Crippen LogP contribution < -0.4 is 0 Å². The summed E-state index contributed by atoms with van der Waals surface area (Å²) in [5.41, 5.74) is -8.13. The maximum absolute atomic E-state index is 13.8. The number of hydrogen-bond donors (Lipinski definition) is 3. The van der Waals surface area contributed by atoms with E-state index in [4.69, 9.17) is 37.9 Å². The molecule has 0 aromatic carbocycles. The third-order valence-electron chi connectivity index (χ3n) is 13.8. The van der Waals surface area contributed by atoms with Gasteiger partial charge in [-0.3, -0.25) is 4.79 Å². The zero-order valence-electron chi connectivity index (χ0n) is 27.2. The number of carbonyl (C=O) groups is 3. The number of hydrogen-bond acceptors (Lipinski definition) is 14. The van der Waals surface area contributed by atoms with E-state index >= 15 is 0 Å². The summed E-state index contributed by atoms with van der Waals surface area (Å²) in [4.78, 5) is 41.0. The molecule has 8 aliphatic rings. The normalized spacial score (nSPS) is 56.1. The molecule has 8 rings (SSSR count). The van der Waals surface area contributed by atoms with Crippen LogP contribution in [-0.2, 0) is 52.3 Å². The number of aliphatic hydroxyl groups excluding tert-OH is 2. The lowest BCUT2D eigenvalue weighted by atomic mass is 9.38. The van der Waals surface area contributed by atoms with Gasteiger partial charge in [-0.15, -0.1) is 0 Å². The number of ether oxygens (including phenoxy) is 8. The number of rotatable bonds is 5. The summed E-state index contributed by atoms with van der Waals surface area (Å²) >= 11 is 0. The molecule has 0 aromatic heterocycles. The van der Waals surface area contributed by atoms with Crippen LogP contribution in [0.3, 0.4) is 0 Å². The number of fused-ring (bicyclic) bond motifs is 7. The van der Waals surface area contributed by atoms with Gasteiger partial charge in [0, 0.05) is 40.6 Å². The molecule has 0 unspecified atom stereocenters. The Kier molecular flexibility index (Phi) is 6.44. The van der Waals surface area contributed by atoms with E-state index in [1.54, 1.807) is 32.9 Å². The summed E-state index contributed by atoms with van der Waals surface area (Å²) in [6, 6.07) is 0. The zero-order valence-corrected chi connectivity index (χ0v) is 27.2. The molecule has 0 amide bonds. The number of aliphatic hydroxyl groups is 3. The van der Waals surface area contributed by atoms with Crippen LogP contribution in [0.25, 0.3) is 0 Å². The van der Waals surface area contributed by atoms with Gasteiger partial charge in [0.1, 0.15) is 22.7 Å². The standard InChI is InChI=1S/C33H42O14/c1-7-14(2)24(36)45-17-11-16(34)30(26(38)41-6)12-43-19-22(30)31(17)13-44-20(25(37)40-5)21(31)28(3,23(19)35)33-18-10-15(29(33,4)47-33)32(39)8-9-42-27(32)46-18/h7-9,15-23,27,34-35,39H,10-13H2,1-6H3/b14-7+/t15-,16-,17+,18+,19-,20+,21+,22+,23-,27+,28+,29+,30+,31-,32+,33+/m1/s1. The Morgan fingerprint density at radius 2 is 1.77 bits per heavy atom. The van der Waals surface area contributed by atoms with Crippen LogP contribution >= 0.6 is 0 Å². The molecule has 258 valence electrons. The van der Waals surface area contributed by atoms with Gasteiger partial charge in [0.05, 0.1) is 58.1 Å². The third kappa shape index (κ3) is 3.20. The third-order valence-corrected chi connectivity index (χ3v) is 13.8. The quantitative estimate of drug-likeness (QED) is 0.153. The number of methoxy groups -OCH3 is 2. The molecule has 1 spiro atoms. The highest BCUT2D eigenvalue weighted by molar-refractivity contribution is 5.88. The summed E-state index contributed by atoms with van der Waals surface area (Å²) in [5, 5.41) is 36.3. The highest BCUT2D eigenvalue weighted by Crippen LogP contribution is 2.82. The van der Waals surface area contributed by atoms with Crippen molar-refractivity contribution in [2.24, 2.45) is 34.0 Å². The molecule has 2 bridgehead atoms. The van der Waals surface area contributed by atoms with E-state index in [-0.39, 0.29) is 19.6 Å². The molecule has 3 N–H and O–H groups in total. The topological polar surface area (TPSA) is 189 Å². The van der Waals surface area contributed by atoms with Gasteiger partial charge in [-0.1, -0.05) is 13.0 Å². The van der Waals surface area contributed by atoms with Crippen LogP contribution in [0.4, 0.5) is 0 Å². The van der Waals surface area contributed by atoms with Crippen molar-refractivity contribution in [3.8, 4) is 0 Å². The summed E-state index contributed by atoms with van der Waals surface area (Å²) in [7, 11) is 2.44. The van der Waals surface area contributed by atoms with Crippen LogP contribution in [0.2, 0.25) is 0 Å². The van der Waals surface area contributed by atoms with Gasteiger partial charge in [0.25, 0.3) is 0 Å². The number of epoxide rings is 1. The molecule has 14 nitrogen and oxygen atoms in total. The summed E-state index contributed by atoms with van der Waals surface area (Å²) in [6.07, 6.45) is -3.32. The van der Waals surface area contributed by atoms with Gasteiger partial charge in [-0.05, 0) is 33.3 Å². The second-order valence-electron chi connectivity index (χ2n) is 15.0. The van der Waals surface area contributed by atoms with E-state index in [9.17, 15) is 29.7 Å². The minimum absolute atomic E-state index is 0.192.